The summed E-state index contributed by atoms with van der Waals surface area (Å²) in [6, 6.07) is 15.7. The number of benzene rings is 2. The van der Waals surface area contributed by atoms with Crippen LogP contribution >= 0.6 is 0 Å². The Kier molecular flexibility index (Phi) is 8.05. The van der Waals surface area contributed by atoms with Crippen LogP contribution in [0.3, 0.4) is 0 Å². The Morgan fingerprint density at radius 2 is 1.65 bits per heavy atom. The first-order valence-electron chi connectivity index (χ1n) is 13.3. The lowest BCUT2D eigenvalue weighted by Gasteiger charge is -2.43. The van der Waals surface area contributed by atoms with Crippen molar-refractivity contribution in [3.8, 4) is 0 Å². The molecule has 8 heteroatoms. The van der Waals surface area contributed by atoms with E-state index < -0.39 is 5.54 Å². The summed E-state index contributed by atoms with van der Waals surface area (Å²) in [5, 5.41) is 6.04. The molecule has 0 saturated carbocycles. The topological polar surface area (TPSA) is 85.0 Å². The van der Waals surface area contributed by atoms with Gasteiger partial charge in [-0.15, -0.1) is 0 Å². The van der Waals surface area contributed by atoms with Gasteiger partial charge in [0.25, 0.3) is 5.91 Å². The molecule has 1 unspecified atom stereocenters. The Labute approximate surface area is 220 Å². The summed E-state index contributed by atoms with van der Waals surface area (Å²) in [6.45, 7) is 10.1. The number of hydrogen-bond donors (Lipinski definition) is 2. The summed E-state index contributed by atoms with van der Waals surface area (Å²) in [5.74, 6) is 0.221. The molecule has 2 aromatic carbocycles. The summed E-state index contributed by atoms with van der Waals surface area (Å²) >= 11 is 0. The number of likely N-dealkylation sites (tertiary alicyclic amines) is 1. The predicted molar refractivity (Wildman–Crippen MR) is 146 cm³/mol. The minimum Gasteiger partial charge on any atom is -0.354 e. The molecule has 2 saturated heterocycles. The molecule has 0 radical (unpaired) electrons. The van der Waals surface area contributed by atoms with E-state index in [4.69, 9.17) is 0 Å². The van der Waals surface area contributed by atoms with Gasteiger partial charge in [0.1, 0.15) is 12.1 Å². The van der Waals surface area contributed by atoms with Crippen molar-refractivity contribution < 1.29 is 14.4 Å². The number of rotatable bonds is 7. The third-order valence-corrected chi connectivity index (χ3v) is 7.85. The number of carbonyl (C=O) groups excluding carboxylic acids is 3. The molecule has 0 aromatic heterocycles. The summed E-state index contributed by atoms with van der Waals surface area (Å²) in [7, 11) is 0. The SMILES string of the molecule is CCC(C)CNC(=O)CN1CN(c2ccccc2)C2(CCN(C(=O)Nc3c(C)cccc3C)CC2)C1=O. The van der Waals surface area contributed by atoms with E-state index in [0.717, 1.165) is 28.9 Å². The third-order valence-electron chi connectivity index (χ3n) is 7.85. The quantitative estimate of drug-likeness (QED) is 0.592. The van der Waals surface area contributed by atoms with Crippen LogP contribution < -0.4 is 15.5 Å². The van der Waals surface area contributed by atoms with Crippen molar-refractivity contribution in [3.63, 3.8) is 0 Å². The molecule has 4 amide bonds. The van der Waals surface area contributed by atoms with Gasteiger partial charge in [0.05, 0.1) is 6.67 Å². The fourth-order valence-corrected chi connectivity index (χ4v) is 5.26. The molecule has 2 aliphatic rings. The summed E-state index contributed by atoms with van der Waals surface area (Å²) in [5.41, 5.74) is 3.06. The van der Waals surface area contributed by atoms with Gasteiger partial charge in [-0.05, 0) is 55.9 Å². The molecule has 2 aromatic rings. The number of amides is 4. The lowest BCUT2D eigenvalue weighted by molar-refractivity contribution is -0.137. The number of urea groups is 1. The maximum Gasteiger partial charge on any atom is 0.321 e. The van der Waals surface area contributed by atoms with Crippen LogP contribution in [0.5, 0.6) is 0 Å². The number of para-hydroxylation sites is 2. The van der Waals surface area contributed by atoms with Crippen LogP contribution in [0.2, 0.25) is 0 Å². The van der Waals surface area contributed by atoms with E-state index in [2.05, 4.69) is 29.4 Å². The molecule has 37 heavy (non-hydrogen) atoms. The Bertz CT molecular complexity index is 1110. The maximum atomic E-state index is 13.8. The number of nitrogens with zero attached hydrogens (tertiary/aromatic N) is 3. The number of hydrogen-bond acceptors (Lipinski definition) is 4. The van der Waals surface area contributed by atoms with Crippen molar-refractivity contribution in [1.29, 1.82) is 0 Å². The van der Waals surface area contributed by atoms with Gasteiger partial charge in [-0.2, -0.15) is 0 Å². The maximum absolute atomic E-state index is 13.8. The van der Waals surface area contributed by atoms with Gasteiger partial charge in [0.15, 0.2) is 0 Å². The first-order valence-corrected chi connectivity index (χ1v) is 13.3. The minimum atomic E-state index is -0.770. The summed E-state index contributed by atoms with van der Waals surface area (Å²) in [4.78, 5) is 45.2. The van der Waals surface area contributed by atoms with E-state index in [1.807, 2.05) is 62.4 Å². The van der Waals surface area contributed by atoms with Crippen molar-refractivity contribution in [3.05, 3.63) is 59.7 Å². The number of aryl methyl sites for hydroxylation is 2. The number of carbonyl (C=O) groups is 3. The molecule has 1 atom stereocenters. The van der Waals surface area contributed by atoms with Gasteiger partial charge in [-0.3, -0.25) is 9.59 Å². The van der Waals surface area contributed by atoms with Gasteiger partial charge < -0.3 is 25.3 Å². The molecule has 2 aliphatic heterocycles. The first-order chi connectivity index (χ1) is 17.7. The van der Waals surface area contributed by atoms with Crippen LogP contribution in [-0.4, -0.2) is 66.0 Å². The molecule has 2 fully saturated rings. The highest BCUT2D eigenvalue weighted by atomic mass is 16.2. The number of anilines is 2. The van der Waals surface area contributed by atoms with E-state index in [1.165, 1.54) is 0 Å². The molecule has 4 rings (SSSR count). The third kappa shape index (κ3) is 5.58. The number of nitrogens with one attached hydrogen (secondary N) is 2. The lowest BCUT2D eigenvalue weighted by Crippen LogP contribution is -2.58. The van der Waals surface area contributed by atoms with Crippen LogP contribution in [0.15, 0.2) is 48.5 Å². The van der Waals surface area contributed by atoms with Crippen molar-refractivity contribution in [1.82, 2.24) is 15.1 Å². The van der Waals surface area contributed by atoms with Gasteiger partial charge in [-0.1, -0.05) is 56.7 Å². The zero-order chi connectivity index (χ0) is 26.6. The molecular weight excluding hydrogens is 466 g/mol. The molecule has 0 bridgehead atoms. The normalized spacial score (nSPS) is 17.7. The first kappa shape index (κ1) is 26.5. The van der Waals surface area contributed by atoms with E-state index in [9.17, 15) is 14.4 Å². The molecule has 1 spiro atoms. The van der Waals surface area contributed by atoms with Gasteiger partial charge in [0.2, 0.25) is 5.91 Å². The van der Waals surface area contributed by atoms with Crippen LogP contribution in [0.4, 0.5) is 16.2 Å². The average molecular weight is 506 g/mol. The second-order valence-corrected chi connectivity index (χ2v) is 10.4. The van der Waals surface area contributed by atoms with Gasteiger partial charge >= 0.3 is 6.03 Å². The molecule has 0 aliphatic carbocycles. The van der Waals surface area contributed by atoms with Gasteiger partial charge in [-0.25, -0.2) is 4.79 Å². The smallest absolute Gasteiger partial charge is 0.321 e. The zero-order valence-electron chi connectivity index (χ0n) is 22.4. The van der Waals surface area contributed by atoms with Crippen LogP contribution in [0.1, 0.15) is 44.2 Å². The second kappa shape index (κ2) is 11.2. The Morgan fingerprint density at radius 3 is 2.27 bits per heavy atom. The van der Waals surface area contributed by atoms with Crippen molar-refractivity contribution in [2.45, 2.75) is 52.5 Å². The second-order valence-electron chi connectivity index (χ2n) is 10.4. The van der Waals surface area contributed by atoms with Crippen molar-refractivity contribution in [2.24, 2.45) is 5.92 Å². The summed E-state index contributed by atoms with van der Waals surface area (Å²) < 4.78 is 0. The molecule has 198 valence electrons. The average Bonchev–Trinajstić information content (AvgIpc) is 3.16. The van der Waals surface area contributed by atoms with E-state index in [0.29, 0.717) is 45.1 Å². The van der Waals surface area contributed by atoms with Crippen LogP contribution in [0.25, 0.3) is 0 Å². The largest absolute Gasteiger partial charge is 0.354 e. The Morgan fingerprint density at radius 1 is 1.00 bits per heavy atom. The van der Waals surface area contributed by atoms with Crippen LogP contribution in [-0.2, 0) is 9.59 Å². The van der Waals surface area contributed by atoms with E-state index in [-0.39, 0.29) is 24.4 Å². The fourth-order valence-electron chi connectivity index (χ4n) is 5.26. The molecule has 2 heterocycles. The predicted octanol–water partition coefficient (Wildman–Crippen LogP) is 4.14. The Balaban J connectivity index is 1.48. The van der Waals surface area contributed by atoms with E-state index in [1.54, 1.807) is 9.80 Å². The highest BCUT2D eigenvalue weighted by Crippen LogP contribution is 2.39. The highest BCUT2D eigenvalue weighted by molar-refractivity contribution is 5.97. The molecular formula is C29H39N5O3. The highest BCUT2D eigenvalue weighted by Gasteiger charge is 2.54. The lowest BCUT2D eigenvalue weighted by atomic mass is 9.85. The Hall–Kier alpha value is -3.55. The van der Waals surface area contributed by atoms with Gasteiger partial charge in [0, 0.05) is 31.0 Å². The monoisotopic (exact) mass is 505 g/mol. The number of piperidine rings is 1. The van der Waals surface area contributed by atoms with Crippen LogP contribution in [0, 0.1) is 19.8 Å². The van der Waals surface area contributed by atoms with Crippen molar-refractivity contribution in [2.75, 3.05) is 43.1 Å². The van der Waals surface area contributed by atoms with Crippen molar-refractivity contribution >= 4 is 29.2 Å². The summed E-state index contributed by atoms with van der Waals surface area (Å²) in [6.07, 6.45) is 2.00. The molecule has 2 N–H and O–H groups in total. The standard InChI is InChI=1S/C29H39N5O3/c1-5-21(2)18-30-25(35)19-33-20-34(24-12-7-6-8-13-24)29(27(33)36)14-16-32(17-15-29)28(37)31-26-22(3)10-9-11-23(26)4/h6-13,21H,5,14-20H2,1-4H3,(H,30,35)(H,31,37). The minimum absolute atomic E-state index is 0.0372. The molecule has 8 nitrogen and oxygen atoms in total. The zero-order valence-corrected chi connectivity index (χ0v) is 22.4. The fraction of sp³-hybridized carbons (Fsp3) is 0.483. The van der Waals surface area contributed by atoms with E-state index >= 15 is 0 Å².